The van der Waals surface area contributed by atoms with Crippen LogP contribution in [-0.4, -0.2) is 32.1 Å². The van der Waals surface area contributed by atoms with E-state index < -0.39 is 17.4 Å². The lowest BCUT2D eigenvalue weighted by Crippen LogP contribution is -2.40. The molecule has 0 aromatic carbocycles. The van der Waals surface area contributed by atoms with E-state index in [0.717, 1.165) is 9.25 Å². The number of anilines is 1. The van der Waals surface area contributed by atoms with E-state index in [1.165, 1.54) is 14.1 Å². The van der Waals surface area contributed by atoms with Crippen molar-refractivity contribution in [3.8, 4) is 0 Å². The molecular formula is C10H18N4O3. The molecule has 0 aliphatic rings. The van der Waals surface area contributed by atoms with Crippen LogP contribution in [0.3, 0.4) is 0 Å². The predicted molar refractivity (Wildman–Crippen MR) is 64.1 cm³/mol. The van der Waals surface area contributed by atoms with Gasteiger partial charge in [0.1, 0.15) is 0 Å². The molecule has 0 spiro atoms. The maximum absolute atomic E-state index is 11.7. The van der Waals surface area contributed by atoms with Gasteiger partial charge in [-0.15, -0.1) is 5.10 Å². The van der Waals surface area contributed by atoms with Crippen molar-refractivity contribution in [2.45, 2.75) is 20.0 Å². The van der Waals surface area contributed by atoms with Crippen molar-refractivity contribution in [1.29, 1.82) is 0 Å². The first-order valence-corrected chi connectivity index (χ1v) is 5.41. The highest BCUT2D eigenvalue weighted by molar-refractivity contribution is 5.29. The van der Waals surface area contributed by atoms with Crippen LogP contribution in [0.15, 0.2) is 9.59 Å². The fraction of sp³-hybridized carbons (Fsp3) is 0.700. The Morgan fingerprint density at radius 3 is 2.47 bits per heavy atom. The summed E-state index contributed by atoms with van der Waals surface area (Å²) in [5.41, 5.74) is -0.978. The molecule has 0 aliphatic heterocycles. The van der Waals surface area contributed by atoms with Crippen molar-refractivity contribution in [1.82, 2.24) is 14.3 Å². The third-order valence-electron chi connectivity index (χ3n) is 2.57. The molecule has 17 heavy (non-hydrogen) atoms. The van der Waals surface area contributed by atoms with Gasteiger partial charge in [0.25, 0.3) is 5.56 Å². The Balaban J connectivity index is 2.94. The van der Waals surface area contributed by atoms with Gasteiger partial charge >= 0.3 is 5.69 Å². The summed E-state index contributed by atoms with van der Waals surface area (Å²) in [6.45, 7) is 3.97. The second-order valence-corrected chi connectivity index (χ2v) is 4.31. The Hall–Kier alpha value is -1.63. The van der Waals surface area contributed by atoms with E-state index in [0.29, 0.717) is 0 Å². The van der Waals surface area contributed by atoms with Crippen molar-refractivity contribution in [2.75, 3.05) is 11.9 Å². The van der Waals surface area contributed by atoms with Crippen molar-refractivity contribution in [3.05, 3.63) is 20.8 Å². The first kappa shape index (κ1) is 13.4. The Bertz CT molecular complexity index is 503. The van der Waals surface area contributed by atoms with Gasteiger partial charge in [-0.1, -0.05) is 13.8 Å². The summed E-state index contributed by atoms with van der Waals surface area (Å²) in [4.78, 5) is 23.0. The molecule has 0 fully saturated rings. The molecule has 0 bridgehead atoms. The SMILES string of the molecule is CC(C)C(O)CNc1nn(C)c(=O)n(C)c1=O. The number of hydrogen-bond donors (Lipinski definition) is 2. The Labute approximate surface area is 98.7 Å². The van der Waals surface area contributed by atoms with Crippen LogP contribution in [0.4, 0.5) is 5.82 Å². The normalized spacial score (nSPS) is 12.8. The minimum atomic E-state index is -0.571. The Morgan fingerprint density at radius 2 is 1.94 bits per heavy atom. The van der Waals surface area contributed by atoms with Crippen LogP contribution in [-0.2, 0) is 14.1 Å². The van der Waals surface area contributed by atoms with Gasteiger partial charge in [-0.3, -0.25) is 9.36 Å². The number of aliphatic hydroxyl groups excluding tert-OH is 1. The second kappa shape index (κ2) is 5.13. The van der Waals surface area contributed by atoms with Crippen LogP contribution in [0.25, 0.3) is 0 Å². The number of aliphatic hydroxyl groups is 1. The van der Waals surface area contributed by atoms with E-state index in [9.17, 15) is 14.7 Å². The lowest BCUT2D eigenvalue weighted by Gasteiger charge is -2.15. The number of hydrogen-bond acceptors (Lipinski definition) is 5. The number of nitrogens with one attached hydrogen (secondary N) is 1. The summed E-state index contributed by atoms with van der Waals surface area (Å²) >= 11 is 0. The highest BCUT2D eigenvalue weighted by atomic mass is 16.3. The minimum absolute atomic E-state index is 0.0642. The van der Waals surface area contributed by atoms with Crippen LogP contribution in [0.1, 0.15) is 13.8 Å². The molecule has 0 radical (unpaired) electrons. The van der Waals surface area contributed by atoms with Crippen molar-refractivity contribution in [2.24, 2.45) is 20.0 Å². The first-order valence-electron chi connectivity index (χ1n) is 5.41. The van der Waals surface area contributed by atoms with Crippen LogP contribution in [0.2, 0.25) is 0 Å². The molecule has 0 amide bonds. The monoisotopic (exact) mass is 242 g/mol. The maximum atomic E-state index is 11.7. The zero-order valence-corrected chi connectivity index (χ0v) is 10.5. The fourth-order valence-electron chi connectivity index (χ4n) is 1.25. The second-order valence-electron chi connectivity index (χ2n) is 4.31. The molecule has 1 aromatic rings. The third kappa shape index (κ3) is 2.94. The van der Waals surface area contributed by atoms with Gasteiger partial charge in [-0.25, -0.2) is 9.48 Å². The van der Waals surface area contributed by atoms with E-state index in [-0.39, 0.29) is 18.3 Å². The highest BCUT2D eigenvalue weighted by Gasteiger charge is 2.12. The van der Waals surface area contributed by atoms with Crippen molar-refractivity contribution in [3.63, 3.8) is 0 Å². The van der Waals surface area contributed by atoms with E-state index in [1.807, 2.05) is 13.8 Å². The highest BCUT2D eigenvalue weighted by Crippen LogP contribution is 2.01. The van der Waals surface area contributed by atoms with Crippen LogP contribution in [0, 0.1) is 5.92 Å². The van der Waals surface area contributed by atoms with Crippen LogP contribution >= 0.6 is 0 Å². The Morgan fingerprint density at radius 1 is 1.35 bits per heavy atom. The van der Waals surface area contributed by atoms with Gasteiger partial charge in [0.15, 0.2) is 0 Å². The molecule has 7 nitrogen and oxygen atoms in total. The van der Waals surface area contributed by atoms with E-state index in [2.05, 4.69) is 10.4 Å². The molecule has 1 aromatic heterocycles. The smallest absolute Gasteiger partial charge is 0.346 e. The molecule has 1 unspecified atom stereocenters. The molecule has 1 heterocycles. The molecule has 7 heteroatoms. The van der Waals surface area contributed by atoms with E-state index in [4.69, 9.17) is 0 Å². The number of aromatic nitrogens is 3. The number of rotatable bonds is 4. The zero-order chi connectivity index (χ0) is 13.2. The fourth-order valence-corrected chi connectivity index (χ4v) is 1.25. The average Bonchev–Trinajstić information content (AvgIpc) is 2.28. The summed E-state index contributed by atoms with van der Waals surface area (Å²) in [6.07, 6.45) is -0.571. The lowest BCUT2D eigenvalue weighted by molar-refractivity contribution is 0.137. The molecule has 0 aliphatic carbocycles. The molecule has 2 N–H and O–H groups in total. The number of aryl methyl sites for hydroxylation is 1. The first-order chi connectivity index (χ1) is 7.84. The molecular weight excluding hydrogens is 224 g/mol. The molecule has 1 atom stereocenters. The average molecular weight is 242 g/mol. The van der Waals surface area contributed by atoms with Gasteiger partial charge < -0.3 is 10.4 Å². The standard InChI is InChI=1S/C10H18N4O3/c1-6(2)7(15)5-11-8-9(16)13(3)10(17)14(4)12-8/h6-7,15H,5H2,1-4H3,(H,11,12). The summed E-state index contributed by atoms with van der Waals surface area (Å²) < 4.78 is 2.04. The predicted octanol–water partition coefficient (Wildman–Crippen LogP) is -1.09. The summed E-state index contributed by atoms with van der Waals surface area (Å²) in [7, 11) is 2.85. The quantitative estimate of drug-likeness (QED) is 0.700. The van der Waals surface area contributed by atoms with E-state index >= 15 is 0 Å². The molecule has 0 saturated heterocycles. The van der Waals surface area contributed by atoms with Gasteiger partial charge in [-0.2, -0.15) is 0 Å². The summed E-state index contributed by atoms with van der Waals surface area (Å²) in [6, 6.07) is 0. The van der Waals surface area contributed by atoms with Gasteiger partial charge in [0, 0.05) is 20.6 Å². The third-order valence-corrected chi connectivity index (χ3v) is 2.57. The van der Waals surface area contributed by atoms with Gasteiger partial charge in [0.2, 0.25) is 5.82 Å². The molecule has 1 rings (SSSR count). The van der Waals surface area contributed by atoms with Gasteiger partial charge in [0.05, 0.1) is 6.10 Å². The maximum Gasteiger partial charge on any atom is 0.346 e. The Kier molecular flexibility index (Phi) is 4.06. The minimum Gasteiger partial charge on any atom is -0.391 e. The van der Waals surface area contributed by atoms with Crippen LogP contribution in [0.5, 0.6) is 0 Å². The largest absolute Gasteiger partial charge is 0.391 e. The van der Waals surface area contributed by atoms with E-state index in [1.54, 1.807) is 0 Å². The van der Waals surface area contributed by atoms with Crippen molar-refractivity contribution < 1.29 is 5.11 Å². The summed E-state index contributed by atoms with van der Waals surface area (Å²) in [5.74, 6) is 0.146. The van der Waals surface area contributed by atoms with Crippen LogP contribution < -0.4 is 16.6 Å². The van der Waals surface area contributed by atoms with Crippen molar-refractivity contribution >= 4 is 5.82 Å². The number of nitrogens with zero attached hydrogens (tertiary/aromatic N) is 3. The molecule has 96 valence electrons. The lowest BCUT2D eigenvalue weighted by atomic mass is 10.1. The summed E-state index contributed by atoms with van der Waals surface area (Å²) in [5, 5.41) is 16.2. The topological polar surface area (TPSA) is 89.2 Å². The van der Waals surface area contributed by atoms with Gasteiger partial charge in [-0.05, 0) is 5.92 Å². The molecule has 0 saturated carbocycles. The zero-order valence-electron chi connectivity index (χ0n) is 10.5.